The van der Waals surface area contributed by atoms with Crippen LogP contribution >= 0.6 is 22.9 Å². The molecule has 4 rings (SSSR count). The standard InChI is InChI=1S/C23H26ClN5O6S/c1-2-34-22-16(11-19(31)35-22)28-21(33)17-4-3-8-29(17)18(30)12-26-20(32)14-6-5-13(10-15(14)24)27-23-25-7-9-36-23/h5-7,9-10,16-17,22H,2-4,8,11-12H2,1H3,(H,25,27)(H,26,32)(H,28,33)/t16-,17-,22+/m0/s1. The molecule has 36 heavy (non-hydrogen) atoms. The van der Waals surface area contributed by atoms with E-state index in [9.17, 15) is 19.2 Å². The van der Waals surface area contributed by atoms with E-state index in [4.69, 9.17) is 21.1 Å². The van der Waals surface area contributed by atoms with Gasteiger partial charge >= 0.3 is 5.97 Å². The van der Waals surface area contributed by atoms with Crippen molar-refractivity contribution in [1.82, 2.24) is 20.5 Å². The highest BCUT2D eigenvalue weighted by Gasteiger charge is 2.40. The first-order valence-corrected chi connectivity index (χ1v) is 12.8. The number of nitrogens with zero attached hydrogens (tertiary/aromatic N) is 2. The number of carbonyl (C=O) groups is 4. The summed E-state index contributed by atoms with van der Waals surface area (Å²) in [5, 5.41) is 11.2. The van der Waals surface area contributed by atoms with E-state index in [1.54, 1.807) is 31.3 Å². The van der Waals surface area contributed by atoms with Crippen molar-refractivity contribution >= 4 is 57.4 Å². The first-order chi connectivity index (χ1) is 17.4. The first kappa shape index (κ1) is 25.9. The fourth-order valence-electron chi connectivity index (χ4n) is 4.12. The number of likely N-dealkylation sites (tertiary alicyclic amines) is 1. The topological polar surface area (TPSA) is 139 Å². The second-order valence-electron chi connectivity index (χ2n) is 8.22. The number of halogens is 1. The number of thiazole rings is 1. The molecule has 3 N–H and O–H groups in total. The molecule has 2 fully saturated rings. The normalized spacial score (nSPS) is 21.2. The van der Waals surface area contributed by atoms with E-state index in [0.29, 0.717) is 36.8 Å². The van der Waals surface area contributed by atoms with Crippen LogP contribution in [0.4, 0.5) is 10.8 Å². The molecule has 3 heterocycles. The molecular formula is C23H26ClN5O6S. The number of esters is 1. The average Bonchev–Trinajstić information content (AvgIpc) is 3.60. The monoisotopic (exact) mass is 535 g/mol. The third kappa shape index (κ3) is 6.12. The van der Waals surface area contributed by atoms with Gasteiger partial charge < -0.3 is 30.3 Å². The molecule has 192 valence electrons. The smallest absolute Gasteiger partial charge is 0.310 e. The van der Waals surface area contributed by atoms with E-state index in [-0.39, 0.29) is 35.4 Å². The van der Waals surface area contributed by atoms with Gasteiger partial charge in [-0.15, -0.1) is 11.3 Å². The van der Waals surface area contributed by atoms with E-state index >= 15 is 0 Å². The lowest BCUT2D eigenvalue weighted by molar-refractivity contribution is -0.164. The maximum Gasteiger partial charge on any atom is 0.310 e. The van der Waals surface area contributed by atoms with Crippen molar-refractivity contribution in [3.8, 4) is 0 Å². The van der Waals surface area contributed by atoms with Crippen molar-refractivity contribution in [2.45, 2.75) is 44.6 Å². The number of amides is 3. The van der Waals surface area contributed by atoms with Crippen LogP contribution in [0, 0.1) is 0 Å². The van der Waals surface area contributed by atoms with Crippen molar-refractivity contribution in [3.63, 3.8) is 0 Å². The Morgan fingerprint density at radius 2 is 2.17 bits per heavy atom. The molecule has 0 aliphatic carbocycles. The van der Waals surface area contributed by atoms with E-state index in [0.717, 1.165) is 0 Å². The molecule has 3 amide bonds. The fourth-order valence-corrected chi connectivity index (χ4v) is 4.94. The molecule has 11 nitrogen and oxygen atoms in total. The second kappa shape index (κ2) is 11.7. The SMILES string of the molecule is CCO[C@@H]1OC(=O)C[C@@H]1NC(=O)[C@@H]1CCCN1C(=O)CNC(=O)c1ccc(Nc2nccs2)cc1Cl. The maximum absolute atomic E-state index is 12.9. The molecule has 2 aliphatic rings. The third-order valence-corrected chi connectivity index (χ3v) is 6.80. The summed E-state index contributed by atoms with van der Waals surface area (Å²) in [5.74, 6) is -1.73. The van der Waals surface area contributed by atoms with Crippen LogP contribution in [0.15, 0.2) is 29.8 Å². The van der Waals surface area contributed by atoms with E-state index in [1.165, 1.54) is 16.2 Å². The van der Waals surface area contributed by atoms with Crippen LogP contribution in [0.2, 0.25) is 5.02 Å². The quantitative estimate of drug-likeness (QED) is 0.415. The summed E-state index contributed by atoms with van der Waals surface area (Å²) in [7, 11) is 0. The molecule has 0 bridgehead atoms. The molecule has 13 heteroatoms. The zero-order valence-corrected chi connectivity index (χ0v) is 21.1. The van der Waals surface area contributed by atoms with Crippen molar-refractivity contribution in [3.05, 3.63) is 40.4 Å². The molecule has 0 unspecified atom stereocenters. The number of hydrogen-bond donors (Lipinski definition) is 3. The van der Waals surface area contributed by atoms with Crippen LogP contribution in [-0.2, 0) is 23.9 Å². The highest BCUT2D eigenvalue weighted by molar-refractivity contribution is 7.13. The van der Waals surface area contributed by atoms with E-state index < -0.39 is 30.3 Å². The lowest BCUT2D eigenvalue weighted by atomic mass is 10.1. The number of cyclic esters (lactones) is 1. The number of anilines is 2. The van der Waals surface area contributed by atoms with Gasteiger partial charge in [-0.2, -0.15) is 0 Å². The van der Waals surface area contributed by atoms with Gasteiger partial charge in [-0.05, 0) is 38.0 Å². The van der Waals surface area contributed by atoms with E-state index in [2.05, 4.69) is 20.9 Å². The predicted molar refractivity (Wildman–Crippen MR) is 132 cm³/mol. The van der Waals surface area contributed by atoms with Crippen molar-refractivity contribution < 1.29 is 28.7 Å². The lowest BCUT2D eigenvalue weighted by Gasteiger charge is -2.26. The van der Waals surface area contributed by atoms with Gasteiger partial charge in [0.05, 0.1) is 23.6 Å². The van der Waals surface area contributed by atoms with Crippen LogP contribution in [0.3, 0.4) is 0 Å². The van der Waals surface area contributed by atoms with Gasteiger partial charge in [0.15, 0.2) is 5.13 Å². The summed E-state index contributed by atoms with van der Waals surface area (Å²) in [6.45, 7) is 2.19. The molecule has 3 atom stereocenters. The van der Waals surface area contributed by atoms with Crippen molar-refractivity contribution in [2.24, 2.45) is 0 Å². The van der Waals surface area contributed by atoms with Gasteiger partial charge in [0.25, 0.3) is 5.91 Å². The van der Waals surface area contributed by atoms with Crippen LogP contribution in [0.25, 0.3) is 0 Å². The maximum atomic E-state index is 12.9. The van der Waals surface area contributed by atoms with Crippen molar-refractivity contribution in [1.29, 1.82) is 0 Å². The van der Waals surface area contributed by atoms with Gasteiger partial charge in [-0.25, -0.2) is 4.98 Å². The Bertz CT molecular complexity index is 1130. The summed E-state index contributed by atoms with van der Waals surface area (Å²) in [5.41, 5.74) is 0.896. The van der Waals surface area contributed by atoms with Gasteiger partial charge in [-0.1, -0.05) is 11.6 Å². The Hall–Kier alpha value is -3.22. The summed E-state index contributed by atoms with van der Waals surface area (Å²) < 4.78 is 10.5. The first-order valence-electron chi connectivity index (χ1n) is 11.5. The second-order valence-corrected chi connectivity index (χ2v) is 9.52. The number of hydrogen-bond acceptors (Lipinski definition) is 9. The Morgan fingerprint density at radius 3 is 2.89 bits per heavy atom. The van der Waals surface area contributed by atoms with Gasteiger partial charge in [0.1, 0.15) is 12.1 Å². The Balaban J connectivity index is 1.31. The highest BCUT2D eigenvalue weighted by Crippen LogP contribution is 2.25. The average molecular weight is 536 g/mol. The predicted octanol–water partition coefficient (Wildman–Crippen LogP) is 2.06. The minimum absolute atomic E-state index is 0.00599. The zero-order valence-electron chi connectivity index (χ0n) is 19.5. The highest BCUT2D eigenvalue weighted by atomic mass is 35.5. The van der Waals surface area contributed by atoms with Crippen LogP contribution < -0.4 is 16.0 Å². The third-order valence-electron chi connectivity index (χ3n) is 5.79. The summed E-state index contributed by atoms with van der Waals surface area (Å²) in [4.78, 5) is 55.6. The Kier molecular flexibility index (Phi) is 8.39. The summed E-state index contributed by atoms with van der Waals surface area (Å²) in [6, 6.07) is 3.54. The fraction of sp³-hybridized carbons (Fsp3) is 0.435. The number of benzene rings is 1. The molecule has 2 aliphatic heterocycles. The minimum atomic E-state index is -0.843. The van der Waals surface area contributed by atoms with Crippen molar-refractivity contribution in [2.75, 3.05) is 25.0 Å². The molecular weight excluding hydrogens is 510 g/mol. The van der Waals surface area contributed by atoms with Gasteiger partial charge in [-0.3, -0.25) is 19.2 Å². The number of aromatic nitrogens is 1. The van der Waals surface area contributed by atoms with Gasteiger partial charge in [0, 0.05) is 30.4 Å². The Morgan fingerprint density at radius 1 is 1.33 bits per heavy atom. The minimum Gasteiger partial charge on any atom is -0.433 e. The molecule has 2 aromatic rings. The molecule has 2 saturated heterocycles. The largest absolute Gasteiger partial charge is 0.433 e. The molecule has 1 aromatic heterocycles. The molecule has 0 spiro atoms. The number of carbonyl (C=O) groups excluding carboxylic acids is 4. The van der Waals surface area contributed by atoms with Gasteiger partial charge in [0.2, 0.25) is 18.1 Å². The van der Waals surface area contributed by atoms with Crippen LogP contribution in [0.1, 0.15) is 36.5 Å². The van der Waals surface area contributed by atoms with E-state index in [1.807, 2.05) is 5.38 Å². The van der Waals surface area contributed by atoms with Crippen LogP contribution in [-0.4, -0.2) is 71.6 Å². The lowest BCUT2D eigenvalue weighted by Crippen LogP contribution is -2.52. The summed E-state index contributed by atoms with van der Waals surface area (Å²) in [6.07, 6.45) is 1.96. The summed E-state index contributed by atoms with van der Waals surface area (Å²) >= 11 is 7.71. The molecule has 0 radical (unpaired) electrons. The Labute approximate surface area is 216 Å². The number of nitrogens with one attached hydrogen (secondary N) is 3. The molecule has 1 aromatic carbocycles. The number of rotatable bonds is 9. The molecule has 0 saturated carbocycles. The zero-order chi connectivity index (χ0) is 25.7. The number of ether oxygens (including phenoxy) is 2. The van der Waals surface area contributed by atoms with Crippen LogP contribution in [0.5, 0.6) is 0 Å².